The molecular weight excluding hydrogens is 240 g/mol. The normalized spacial score (nSPS) is 16.7. The summed E-state index contributed by atoms with van der Waals surface area (Å²) in [6.07, 6.45) is 0.352. The van der Waals surface area contributed by atoms with Gasteiger partial charge in [0.15, 0.2) is 11.9 Å². The van der Waals surface area contributed by atoms with Crippen molar-refractivity contribution >= 4 is 29.2 Å². The van der Waals surface area contributed by atoms with Gasteiger partial charge in [-0.05, 0) is 17.7 Å². The van der Waals surface area contributed by atoms with Crippen molar-refractivity contribution in [3.05, 3.63) is 34.9 Å². The molecule has 0 amide bonds. The van der Waals surface area contributed by atoms with Gasteiger partial charge in [0.05, 0.1) is 0 Å². The van der Waals surface area contributed by atoms with Crippen LogP contribution in [0.2, 0.25) is 5.02 Å². The van der Waals surface area contributed by atoms with Gasteiger partial charge in [0.2, 0.25) is 11.3 Å². The lowest BCUT2D eigenvalue weighted by molar-refractivity contribution is -0.112. The molecule has 1 aromatic rings. The van der Waals surface area contributed by atoms with Crippen LogP contribution in [-0.2, 0) is 21.7 Å². The molecule has 15 heavy (non-hydrogen) atoms. The first kappa shape index (κ1) is 12.3. The van der Waals surface area contributed by atoms with Crippen LogP contribution in [-0.4, -0.2) is 15.0 Å². The summed E-state index contributed by atoms with van der Waals surface area (Å²) in [7, 11) is 0. The topological polar surface area (TPSA) is 92.4 Å². The summed E-state index contributed by atoms with van der Waals surface area (Å²) in [5, 5.41) is 0.483. The molecule has 0 saturated carbocycles. The number of carbonyl (C=O) groups is 1. The van der Waals surface area contributed by atoms with Crippen LogP contribution in [0.1, 0.15) is 5.56 Å². The Bertz CT molecular complexity index is 384. The fraction of sp³-hybridized carbons (Fsp3) is 0.125. The second-order valence-electron chi connectivity index (χ2n) is 2.84. The Balaban J connectivity index is 3.05. The highest BCUT2D eigenvalue weighted by molar-refractivity contribution is 7.77. The molecule has 0 aromatic heterocycles. The van der Waals surface area contributed by atoms with Crippen molar-refractivity contribution in [1.82, 2.24) is 4.72 Å². The minimum Gasteiger partial charge on any atom is -0.303 e. The average molecular weight is 249 g/mol. The van der Waals surface area contributed by atoms with Crippen LogP contribution < -0.4 is 10.5 Å². The predicted molar refractivity (Wildman–Crippen MR) is 57.3 cm³/mol. The second kappa shape index (κ2) is 4.82. The third-order valence-corrected chi connectivity index (χ3v) is 2.53. The minimum atomic E-state index is -2.38. The molecular formula is C8H9ClN2O3S. The van der Waals surface area contributed by atoms with E-state index in [9.17, 15) is 9.00 Å². The highest BCUT2D eigenvalue weighted by Gasteiger charge is 2.28. The Morgan fingerprint density at radius 3 is 2.40 bits per heavy atom. The smallest absolute Gasteiger partial charge is 0.234 e. The van der Waals surface area contributed by atoms with Crippen LogP contribution in [0, 0.1) is 0 Å². The van der Waals surface area contributed by atoms with E-state index in [-0.39, 0.29) is 0 Å². The van der Waals surface area contributed by atoms with Gasteiger partial charge >= 0.3 is 0 Å². The maximum atomic E-state index is 10.8. The van der Waals surface area contributed by atoms with E-state index < -0.39 is 16.9 Å². The van der Waals surface area contributed by atoms with Crippen LogP contribution in [0.5, 0.6) is 0 Å². The number of hydrogen-bond acceptors (Lipinski definition) is 3. The van der Waals surface area contributed by atoms with E-state index >= 15 is 0 Å². The molecule has 0 bridgehead atoms. The van der Waals surface area contributed by atoms with Crippen molar-refractivity contribution in [2.45, 2.75) is 5.66 Å². The maximum Gasteiger partial charge on any atom is 0.234 e. The third kappa shape index (κ3) is 3.08. The number of aldehydes is 1. The Labute approximate surface area is 94.0 Å². The number of halogens is 1. The van der Waals surface area contributed by atoms with E-state index in [2.05, 4.69) is 0 Å². The lowest BCUT2D eigenvalue weighted by Crippen LogP contribution is -2.52. The molecule has 0 radical (unpaired) electrons. The van der Waals surface area contributed by atoms with Crippen LogP contribution >= 0.6 is 11.6 Å². The van der Waals surface area contributed by atoms with Gasteiger partial charge in [0, 0.05) is 5.02 Å². The molecule has 2 atom stereocenters. The monoisotopic (exact) mass is 248 g/mol. The fourth-order valence-electron chi connectivity index (χ4n) is 1.02. The summed E-state index contributed by atoms with van der Waals surface area (Å²) < 4.78 is 21.2. The molecule has 1 aromatic carbocycles. The number of rotatable bonds is 4. The van der Waals surface area contributed by atoms with E-state index in [1.54, 1.807) is 0 Å². The van der Waals surface area contributed by atoms with Gasteiger partial charge in [0.1, 0.15) is 0 Å². The molecule has 0 aliphatic heterocycles. The number of nitrogens with one attached hydrogen (secondary N) is 1. The van der Waals surface area contributed by atoms with Crippen LogP contribution in [0.25, 0.3) is 0 Å². The zero-order valence-corrected chi connectivity index (χ0v) is 9.09. The van der Waals surface area contributed by atoms with E-state index in [0.717, 1.165) is 0 Å². The zero-order valence-electron chi connectivity index (χ0n) is 7.51. The summed E-state index contributed by atoms with van der Waals surface area (Å²) in [5.41, 5.74) is 4.26. The summed E-state index contributed by atoms with van der Waals surface area (Å²) in [6, 6.07) is 6.06. The molecule has 0 spiro atoms. The highest BCUT2D eigenvalue weighted by Crippen LogP contribution is 2.16. The first-order valence-corrected chi connectivity index (χ1v) is 5.36. The van der Waals surface area contributed by atoms with Gasteiger partial charge in [-0.2, -0.15) is 4.72 Å². The standard InChI is InChI=1S/C8H9ClN2O3S/c9-7-3-1-6(2-4-7)8(10,5-12)11-15(13)14/h1-5,11H,10H2,(H,13,14). The van der Waals surface area contributed by atoms with E-state index in [4.69, 9.17) is 21.9 Å². The second-order valence-corrected chi connectivity index (χ2v) is 3.98. The fourth-order valence-corrected chi connectivity index (χ4v) is 1.60. The Kier molecular flexibility index (Phi) is 3.95. The molecule has 4 N–H and O–H groups in total. The van der Waals surface area contributed by atoms with Crippen LogP contribution in [0.15, 0.2) is 24.3 Å². The number of benzene rings is 1. The van der Waals surface area contributed by atoms with E-state index in [0.29, 0.717) is 16.9 Å². The molecule has 0 aliphatic rings. The molecule has 1 rings (SSSR count). The average Bonchev–Trinajstić information content (AvgIpc) is 2.17. The molecule has 82 valence electrons. The zero-order chi connectivity index (χ0) is 11.5. The number of hydrogen-bond donors (Lipinski definition) is 3. The molecule has 7 heteroatoms. The van der Waals surface area contributed by atoms with Crippen molar-refractivity contribution < 1.29 is 13.6 Å². The minimum absolute atomic E-state index is 0.351. The van der Waals surface area contributed by atoms with Gasteiger partial charge in [-0.3, -0.25) is 9.35 Å². The van der Waals surface area contributed by atoms with Crippen molar-refractivity contribution in [2.75, 3.05) is 0 Å². The first-order chi connectivity index (χ1) is 6.98. The van der Waals surface area contributed by atoms with Crippen molar-refractivity contribution in [2.24, 2.45) is 5.73 Å². The summed E-state index contributed by atoms with van der Waals surface area (Å²) in [6.45, 7) is 0. The van der Waals surface area contributed by atoms with Gasteiger partial charge in [-0.15, -0.1) is 0 Å². The summed E-state index contributed by atoms with van der Waals surface area (Å²) >= 11 is 3.27. The van der Waals surface area contributed by atoms with Crippen LogP contribution in [0.4, 0.5) is 0 Å². The number of carbonyl (C=O) groups excluding carboxylic acids is 1. The maximum absolute atomic E-state index is 10.8. The molecule has 2 unspecified atom stereocenters. The molecule has 0 aliphatic carbocycles. The first-order valence-electron chi connectivity index (χ1n) is 3.88. The van der Waals surface area contributed by atoms with Crippen molar-refractivity contribution in [3.8, 4) is 0 Å². The van der Waals surface area contributed by atoms with Gasteiger partial charge in [-0.1, -0.05) is 23.7 Å². The summed E-state index contributed by atoms with van der Waals surface area (Å²) in [4.78, 5) is 10.8. The predicted octanol–water partition coefficient (Wildman–Crippen LogP) is 0.377. The summed E-state index contributed by atoms with van der Waals surface area (Å²) in [5.74, 6) is 0. The highest BCUT2D eigenvalue weighted by atomic mass is 35.5. The largest absolute Gasteiger partial charge is 0.303 e. The Morgan fingerprint density at radius 2 is 2.00 bits per heavy atom. The quantitative estimate of drug-likeness (QED) is 0.408. The van der Waals surface area contributed by atoms with Gasteiger partial charge < -0.3 is 5.73 Å². The Hall–Kier alpha value is -0.790. The molecule has 0 saturated heterocycles. The molecule has 0 heterocycles. The van der Waals surface area contributed by atoms with Gasteiger partial charge in [-0.25, -0.2) is 4.21 Å². The van der Waals surface area contributed by atoms with Crippen LogP contribution in [0.3, 0.4) is 0 Å². The van der Waals surface area contributed by atoms with E-state index in [1.807, 2.05) is 4.72 Å². The Morgan fingerprint density at radius 1 is 1.47 bits per heavy atom. The molecule has 0 fully saturated rings. The lowest BCUT2D eigenvalue weighted by Gasteiger charge is -2.22. The lowest BCUT2D eigenvalue weighted by atomic mass is 10.0. The number of nitrogens with two attached hydrogens (primary N) is 1. The third-order valence-electron chi connectivity index (χ3n) is 1.76. The van der Waals surface area contributed by atoms with Gasteiger partial charge in [0.25, 0.3) is 0 Å². The molecule has 5 nitrogen and oxygen atoms in total. The SMILES string of the molecule is NC(C=O)(NS(=O)O)c1ccc(Cl)cc1. The van der Waals surface area contributed by atoms with E-state index in [1.165, 1.54) is 24.3 Å². The van der Waals surface area contributed by atoms with Crippen molar-refractivity contribution in [3.63, 3.8) is 0 Å². The van der Waals surface area contributed by atoms with Crippen molar-refractivity contribution in [1.29, 1.82) is 0 Å².